The fraction of sp³-hybridized carbons (Fsp3) is 0.182. The average Bonchev–Trinajstić information content (AvgIpc) is 3.19. The van der Waals surface area contributed by atoms with Crippen molar-refractivity contribution in [1.82, 2.24) is 24.9 Å². The summed E-state index contributed by atoms with van der Waals surface area (Å²) in [5.41, 5.74) is 2.64. The van der Waals surface area contributed by atoms with Crippen LogP contribution in [0.5, 0.6) is 0 Å². The smallest absolute Gasteiger partial charge is 0.216 e. The van der Waals surface area contributed by atoms with E-state index in [4.69, 9.17) is 9.97 Å². The van der Waals surface area contributed by atoms with Gasteiger partial charge in [-0.3, -0.25) is 9.89 Å². The van der Waals surface area contributed by atoms with Crippen LogP contribution in [0.25, 0.3) is 10.9 Å². The third-order valence-corrected chi connectivity index (χ3v) is 5.50. The van der Waals surface area contributed by atoms with Crippen LogP contribution in [-0.2, 0) is 4.79 Å². The number of aryl methyl sites for hydroxylation is 1. The van der Waals surface area contributed by atoms with Gasteiger partial charge in [0.15, 0.2) is 5.82 Å². The van der Waals surface area contributed by atoms with Crippen molar-refractivity contribution < 1.29 is 9.18 Å². The van der Waals surface area contributed by atoms with Crippen molar-refractivity contribution in [2.24, 2.45) is 0 Å². The van der Waals surface area contributed by atoms with Gasteiger partial charge in [0, 0.05) is 28.8 Å². The summed E-state index contributed by atoms with van der Waals surface area (Å²) >= 11 is 1.31. The number of nitrogens with zero attached hydrogens (tertiary/aromatic N) is 3. The minimum Gasteiger partial charge on any atom is -0.323 e. The molecule has 0 fully saturated rings. The number of benzene rings is 2. The zero-order valence-corrected chi connectivity index (χ0v) is 17.6. The number of fused-ring (bicyclic) bond motifs is 1. The molecular formula is C22H21FN6OS. The van der Waals surface area contributed by atoms with Crippen LogP contribution in [0.2, 0.25) is 0 Å². The van der Waals surface area contributed by atoms with Crippen molar-refractivity contribution in [3.05, 3.63) is 77.5 Å². The Labute approximate surface area is 183 Å². The van der Waals surface area contributed by atoms with Crippen LogP contribution in [0.4, 0.5) is 16.0 Å². The van der Waals surface area contributed by atoms with Crippen molar-refractivity contribution in [3.63, 3.8) is 0 Å². The van der Waals surface area contributed by atoms with Crippen molar-refractivity contribution in [3.8, 4) is 0 Å². The number of anilines is 2. The molecule has 2 aromatic heterocycles. The van der Waals surface area contributed by atoms with Gasteiger partial charge in [-0.05, 0) is 43.2 Å². The zero-order valence-electron chi connectivity index (χ0n) is 16.8. The summed E-state index contributed by atoms with van der Waals surface area (Å²) in [6.45, 7) is 1.93. The standard InChI is InChI=1S/C22H21FN6OS/c1-14-12-20(29-28-14)26-22-18-4-2-3-5-19(18)25-21(27-22)17(10-11-31-24-13-30)15-6-8-16(23)9-7-15/h2-9,12-13,17H,10-11H2,1H3,(H,24,30)(H2,25,26,27,28,29)/t17-/m1/s1. The molecule has 4 rings (SSSR count). The first-order valence-electron chi connectivity index (χ1n) is 9.76. The van der Waals surface area contributed by atoms with Gasteiger partial charge in [0.1, 0.15) is 17.5 Å². The van der Waals surface area contributed by atoms with Crippen molar-refractivity contribution in [2.45, 2.75) is 19.3 Å². The van der Waals surface area contributed by atoms with Crippen LogP contribution in [-0.4, -0.2) is 32.3 Å². The van der Waals surface area contributed by atoms with Gasteiger partial charge in [-0.15, -0.1) is 0 Å². The lowest BCUT2D eigenvalue weighted by Crippen LogP contribution is -2.11. The summed E-state index contributed by atoms with van der Waals surface area (Å²) in [4.78, 5) is 20.2. The highest BCUT2D eigenvalue weighted by molar-refractivity contribution is 7.97. The normalized spacial score (nSPS) is 11.9. The van der Waals surface area contributed by atoms with Crippen LogP contribution >= 0.6 is 11.9 Å². The molecule has 0 radical (unpaired) electrons. The molecule has 2 aromatic carbocycles. The fourth-order valence-electron chi connectivity index (χ4n) is 3.36. The first-order valence-corrected chi connectivity index (χ1v) is 10.7. The molecule has 7 nitrogen and oxygen atoms in total. The topological polar surface area (TPSA) is 95.6 Å². The molecule has 31 heavy (non-hydrogen) atoms. The first-order chi connectivity index (χ1) is 15.1. The molecule has 0 bridgehead atoms. The average molecular weight is 437 g/mol. The van der Waals surface area contributed by atoms with Gasteiger partial charge in [0.2, 0.25) is 6.41 Å². The van der Waals surface area contributed by atoms with Gasteiger partial charge in [-0.1, -0.05) is 36.2 Å². The van der Waals surface area contributed by atoms with Gasteiger partial charge < -0.3 is 10.0 Å². The molecular weight excluding hydrogens is 415 g/mol. The number of aromatic amines is 1. The number of carbonyl (C=O) groups excluding carboxylic acids is 1. The molecule has 0 unspecified atom stereocenters. The Balaban J connectivity index is 1.75. The minimum absolute atomic E-state index is 0.173. The highest BCUT2D eigenvalue weighted by Gasteiger charge is 2.20. The maximum Gasteiger partial charge on any atom is 0.216 e. The quantitative estimate of drug-likeness (QED) is 0.204. The largest absolute Gasteiger partial charge is 0.323 e. The fourth-order valence-corrected chi connectivity index (χ4v) is 3.90. The molecule has 9 heteroatoms. The summed E-state index contributed by atoms with van der Waals surface area (Å²) in [7, 11) is 0. The molecule has 158 valence electrons. The van der Waals surface area contributed by atoms with Crippen LogP contribution in [0.15, 0.2) is 54.6 Å². The number of nitrogens with one attached hydrogen (secondary N) is 3. The summed E-state index contributed by atoms with van der Waals surface area (Å²) in [5, 5.41) is 11.3. The first kappa shape index (κ1) is 20.8. The summed E-state index contributed by atoms with van der Waals surface area (Å²) in [5.74, 6) is 2.11. The Morgan fingerprint density at radius 3 is 2.71 bits per heavy atom. The van der Waals surface area contributed by atoms with Crippen molar-refractivity contribution in [1.29, 1.82) is 0 Å². The lowest BCUT2D eigenvalue weighted by molar-refractivity contribution is -0.107. The molecule has 1 amide bonds. The van der Waals surface area contributed by atoms with Crippen molar-refractivity contribution in [2.75, 3.05) is 11.1 Å². The Bertz CT molecular complexity index is 1180. The molecule has 0 aliphatic heterocycles. The molecule has 1 atom stereocenters. The number of hydrogen-bond donors (Lipinski definition) is 3. The number of H-pyrrole nitrogens is 1. The maximum atomic E-state index is 13.5. The number of para-hydroxylation sites is 1. The number of hydrogen-bond acceptors (Lipinski definition) is 6. The molecule has 0 aliphatic rings. The van der Waals surface area contributed by atoms with Gasteiger partial charge in [-0.2, -0.15) is 5.10 Å². The summed E-state index contributed by atoms with van der Waals surface area (Å²) < 4.78 is 16.1. The van der Waals surface area contributed by atoms with E-state index in [1.54, 1.807) is 12.1 Å². The predicted octanol–water partition coefficient (Wildman–Crippen LogP) is 4.46. The number of amides is 1. The Kier molecular flexibility index (Phi) is 6.42. The summed E-state index contributed by atoms with van der Waals surface area (Å²) in [6, 6.07) is 16.0. The lowest BCUT2D eigenvalue weighted by Gasteiger charge is -2.18. The Hall–Kier alpha value is -3.46. The van der Waals surface area contributed by atoms with Gasteiger partial charge in [0.05, 0.1) is 5.52 Å². The zero-order chi connectivity index (χ0) is 21.6. The Morgan fingerprint density at radius 2 is 1.97 bits per heavy atom. The maximum absolute atomic E-state index is 13.5. The number of aromatic nitrogens is 4. The SMILES string of the molecule is Cc1cc(Nc2nc([C@H](CCSNC=O)c3ccc(F)cc3)nc3ccccc23)n[nH]1. The molecule has 0 aliphatic carbocycles. The van der Waals surface area contributed by atoms with E-state index in [1.165, 1.54) is 24.1 Å². The Morgan fingerprint density at radius 1 is 1.16 bits per heavy atom. The summed E-state index contributed by atoms with van der Waals surface area (Å²) in [6.07, 6.45) is 1.31. The van der Waals surface area contributed by atoms with Gasteiger partial charge in [0.25, 0.3) is 0 Å². The number of rotatable bonds is 9. The van der Waals surface area contributed by atoms with E-state index in [2.05, 4.69) is 20.2 Å². The van der Waals surface area contributed by atoms with Crippen LogP contribution < -0.4 is 10.0 Å². The molecule has 0 saturated carbocycles. The van der Waals surface area contributed by atoms with Gasteiger partial charge >= 0.3 is 0 Å². The molecule has 0 spiro atoms. The molecule has 4 aromatic rings. The second-order valence-corrected chi connectivity index (χ2v) is 7.92. The number of carbonyl (C=O) groups is 1. The van der Waals surface area contributed by atoms with E-state index in [9.17, 15) is 9.18 Å². The van der Waals surface area contributed by atoms with Crippen LogP contribution in [0, 0.1) is 12.7 Å². The highest BCUT2D eigenvalue weighted by Crippen LogP contribution is 2.31. The van der Waals surface area contributed by atoms with E-state index in [1.807, 2.05) is 37.3 Å². The highest BCUT2D eigenvalue weighted by atomic mass is 32.2. The van der Waals surface area contributed by atoms with E-state index in [0.29, 0.717) is 36.0 Å². The van der Waals surface area contributed by atoms with E-state index < -0.39 is 0 Å². The lowest BCUT2D eigenvalue weighted by atomic mass is 9.95. The number of halogens is 1. The third kappa shape index (κ3) is 5.00. The van der Waals surface area contributed by atoms with E-state index in [0.717, 1.165) is 22.2 Å². The van der Waals surface area contributed by atoms with E-state index in [-0.39, 0.29) is 11.7 Å². The third-order valence-electron chi connectivity index (χ3n) is 4.80. The van der Waals surface area contributed by atoms with E-state index >= 15 is 0 Å². The second kappa shape index (κ2) is 9.57. The molecule has 2 heterocycles. The van der Waals surface area contributed by atoms with Crippen LogP contribution in [0.3, 0.4) is 0 Å². The molecule has 3 N–H and O–H groups in total. The van der Waals surface area contributed by atoms with Gasteiger partial charge in [-0.25, -0.2) is 14.4 Å². The van der Waals surface area contributed by atoms with Crippen LogP contribution in [0.1, 0.15) is 29.4 Å². The second-order valence-electron chi connectivity index (χ2n) is 6.99. The minimum atomic E-state index is -0.296. The molecule has 0 saturated heterocycles. The monoisotopic (exact) mass is 436 g/mol. The van der Waals surface area contributed by atoms with Crippen molar-refractivity contribution >= 4 is 40.9 Å². The predicted molar refractivity (Wildman–Crippen MR) is 121 cm³/mol.